The standard InChI is InChI=1S/C12H7ClFN3O2S/c13-12-2-1-11(7-16-12)20(18,19)17-10-4-8(6-15)3-9(14)5-10/h1-5,7,17H. The lowest BCUT2D eigenvalue weighted by Crippen LogP contribution is -2.13. The van der Waals surface area contributed by atoms with Crippen LogP contribution < -0.4 is 4.72 Å². The lowest BCUT2D eigenvalue weighted by molar-refractivity contribution is 0.600. The number of benzene rings is 1. The van der Waals surface area contributed by atoms with Crippen LogP contribution in [0.4, 0.5) is 10.1 Å². The maximum absolute atomic E-state index is 13.2. The van der Waals surface area contributed by atoms with Crippen molar-refractivity contribution in [2.75, 3.05) is 4.72 Å². The van der Waals surface area contributed by atoms with Gasteiger partial charge in [0.1, 0.15) is 15.9 Å². The number of halogens is 2. The first-order valence-electron chi connectivity index (χ1n) is 5.26. The van der Waals surface area contributed by atoms with Crippen molar-refractivity contribution < 1.29 is 12.8 Å². The first-order chi connectivity index (χ1) is 9.40. The van der Waals surface area contributed by atoms with Gasteiger partial charge in [0.25, 0.3) is 10.0 Å². The highest BCUT2D eigenvalue weighted by molar-refractivity contribution is 7.92. The van der Waals surface area contributed by atoms with Gasteiger partial charge >= 0.3 is 0 Å². The van der Waals surface area contributed by atoms with Crippen LogP contribution in [0.25, 0.3) is 0 Å². The van der Waals surface area contributed by atoms with Crippen molar-refractivity contribution in [3.8, 4) is 6.07 Å². The average Bonchev–Trinajstić information content (AvgIpc) is 2.37. The highest BCUT2D eigenvalue weighted by Crippen LogP contribution is 2.19. The minimum absolute atomic E-state index is 0.0110. The van der Waals surface area contributed by atoms with Gasteiger partial charge in [-0.2, -0.15) is 5.26 Å². The van der Waals surface area contributed by atoms with Gasteiger partial charge in [0.15, 0.2) is 0 Å². The van der Waals surface area contributed by atoms with E-state index < -0.39 is 15.8 Å². The number of pyridine rings is 1. The molecular formula is C12H7ClFN3O2S. The Kier molecular flexibility index (Phi) is 3.88. The van der Waals surface area contributed by atoms with E-state index in [1.807, 2.05) is 0 Å². The van der Waals surface area contributed by atoms with Gasteiger partial charge in [-0.3, -0.25) is 4.72 Å². The van der Waals surface area contributed by atoms with E-state index in [1.165, 1.54) is 18.2 Å². The molecule has 1 aromatic heterocycles. The Hall–Kier alpha value is -2.17. The topological polar surface area (TPSA) is 82.9 Å². The average molecular weight is 312 g/mol. The van der Waals surface area contributed by atoms with Crippen molar-refractivity contribution in [3.63, 3.8) is 0 Å². The number of nitriles is 1. The predicted molar refractivity (Wildman–Crippen MR) is 71.2 cm³/mol. The van der Waals surface area contributed by atoms with E-state index in [-0.39, 0.29) is 21.3 Å². The van der Waals surface area contributed by atoms with Crippen LogP contribution in [0.15, 0.2) is 41.4 Å². The van der Waals surface area contributed by atoms with Crippen molar-refractivity contribution in [1.29, 1.82) is 5.26 Å². The van der Waals surface area contributed by atoms with Gasteiger partial charge in [-0.1, -0.05) is 11.6 Å². The molecule has 5 nitrogen and oxygen atoms in total. The van der Waals surface area contributed by atoms with Crippen molar-refractivity contribution in [2.24, 2.45) is 0 Å². The Balaban J connectivity index is 2.36. The third-order valence-electron chi connectivity index (χ3n) is 2.29. The minimum atomic E-state index is -3.92. The van der Waals surface area contributed by atoms with Crippen LogP contribution in [0.5, 0.6) is 0 Å². The Labute approximate surface area is 119 Å². The summed E-state index contributed by atoms with van der Waals surface area (Å²) in [7, 11) is -3.92. The number of anilines is 1. The van der Waals surface area contributed by atoms with E-state index in [0.29, 0.717) is 0 Å². The number of hydrogen-bond acceptors (Lipinski definition) is 4. The lowest BCUT2D eigenvalue weighted by atomic mass is 10.2. The normalized spacial score (nSPS) is 10.8. The molecule has 0 unspecified atom stereocenters. The van der Waals surface area contributed by atoms with Gasteiger partial charge in [0.2, 0.25) is 0 Å². The summed E-state index contributed by atoms with van der Waals surface area (Å²) < 4.78 is 39.4. The zero-order valence-electron chi connectivity index (χ0n) is 9.84. The van der Waals surface area contributed by atoms with E-state index in [4.69, 9.17) is 16.9 Å². The number of nitrogens with one attached hydrogen (secondary N) is 1. The van der Waals surface area contributed by atoms with E-state index in [2.05, 4.69) is 9.71 Å². The summed E-state index contributed by atoms with van der Waals surface area (Å²) >= 11 is 5.57. The SMILES string of the molecule is N#Cc1cc(F)cc(NS(=O)(=O)c2ccc(Cl)nc2)c1. The van der Waals surface area contributed by atoms with Crippen LogP contribution >= 0.6 is 11.6 Å². The molecule has 0 bridgehead atoms. The Morgan fingerprint density at radius 3 is 2.65 bits per heavy atom. The van der Waals surface area contributed by atoms with E-state index in [0.717, 1.165) is 18.3 Å². The summed E-state index contributed by atoms with van der Waals surface area (Å²) in [5, 5.41) is 8.87. The first-order valence-corrected chi connectivity index (χ1v) is 7.12. The van der Waals surface area contributed by atoms with E-state index in [9.17, 15) is 12.8 Å². The van der Waals surface area contributed by atoms with Gasteiger partial charge in [-0.25, -0.2) is 17.8 Å². The number of nitrogens with zero attached hydrogens (tertiary/aromatic N) is 2. The summed E-state index contributed by atoms with van der Waals surface area (Å²) in [4.78, 5) is 3.54. The lowest BCUT2D eigenvalue weighted by Gasteiger charge is -2.08. The Morgan fingerprint density at radius 2 is 2.05 bits per heavy atom. The molecule has 0 saturated carbocycles. The highest BCUT2D eigenvalue weighted by atomic mass is 35.5. The fourth-order valence-corrected chi connectivity index (χ4v) is 2.54. The predicted octanol–water partition coefficient (Wildman–Crippen LogP) is 2.55. The summed E-state index contributed by atoms with van der Waals surface area (Å²) in [6.07, 6.45) is 1.08. The molecule has 102 valence electrons. The van der Waals surface area contributed by atoms with Gasteiger partial charge in [-0.05, 0) is 30.3 Å². The molecule has 20 heavy (non-hydrogen) atoms. The van der Waals surface area contributed by atoms with Gasteiger partial charge in [0.05, 0.1) is 17.3 Å². The van der Waals surface area contributed by atoms with Crippen LogP contribution in [-0.4, -0.2) is 13.4 Å². The van der Waals surface area contributed by atoms with E-state index >= 15 is 0 Å². The molecule has 0 aliphatic rings. The third-order valence-corrected chi connectivity index (χ3v) is 3.88. The second-order valence-electron chi connectivity index (χ2n) is 3.76. The quantitative estimate of drug-likeness (QED) is 0.883. The summed E-state index contributed by atoms with van der Waals surface area (Å²) in [5.74, 6) is -0.712. The number of aromatic nitrogens is 1. The number of sulfonamides is 1. The molecule has 1 N–H and O–H groups in total. The molecule has 0 amide bonds. The maximum atomic E-state index is 13.2. The minimum Gasteiger partial charge on any atom is -0.279 e. The molecule has 0 aliphatic heterocycles. The molecule has 0 spiro atoms. The van der Waals surface area contributed by atoms with Gasteiger partial charge in [0, 0.05) is 6.20 Å². The molecule has 1 heterocycles. The largest absolute Gasteiger partial charge is 0.279 e. The molecule has 2 aromatic rings. The third kappa shape index (κ3) is 3.23. The van der Waals surface area contributed by atoms with Crippen LogP contribution in [0.3, 0.4) is 0 Å². The molecule has 0 aliphatic carbocycles. The second kappa shape index (κ2) is 5.45. The summed E-state index contributed by atoms with van der Waals surface area (Å²) in [6.45, 7) is 0. The molecule has 0 radical (unpaired) electrons. The summed E-state index contributed by atoms with van der Waals surface area (Å²) in [5.41, 5.74) is -0.0339. The smallest absolute Gasteiger partial charge is 0.263 e. The monoisotopic (exact) mass is 311 g/mol. The number of rotatable bonds is 3. The number of hydrogen-bond donors (Lipinski definition) is 1. The van der Waals surface area contributed by atoms with Crippen molar-refractivity contribution in [2.45, 2.75) is 4.90 Å². The summed E-state index contributed by atoms with van der Waals surface area (Å²) in [6, 6.07) is 7.53. The van der Waals surface area contributed by atoms with Gasteiger partial charge < -0.3 is 0 Å². The van der Waals surface area contributed by atoms with Crippen LogP contribution in [0.1, 0.15) is 5.56 Å². The fraction of sp³-hybridized carbons (Fsp3) is 0. The van der Waals surface area contributed by atoms with Crippen molar-refractivity contribution in [3.05, 3.63) is 53.1 Å². The van der Waals surface area contributed by atoms with E-state index in [1.54, 1.807) is 6.07 Å². The molecule has 0 fully saturated rings. The Morgan fingerprint density at radius 1 is 1.30 bits per heavy atom. The molecule has 0 saturated heterocycles. The molecular weight excluding hydrogens is 305 g/mol. The van der Waals surface area contributed by atoms with Crippen LogP contribution in [0, 0.1) is 17.1 Å². The molecule has 0 atom stereocenters. The first kappa shape index (κ1) is 14.2. The highest BCUT2D eigenvalue weighted by Gasteiger charge is 2.15. The zero-order chi connectivity index (χ0) is 14.8. The molecule has 8 heteroatoms. The second-order valence-corrected chi connectivity index (χ2v) is 5.83. The van der Waals surface area contributed by atoms with Crippen molar-refractivity contribution >= 4 is 27.3 Å². The zero-order valence-corrected chi connectivity index (χ0v) is 11.4. The molecule has 2 rings (SSSR count). The fourth-order valence-electron chi connectivity index (χ4n) is 1.45. The van der Waals surface area contributed by atoms with Crippen LogP contribution in [0.2, 0.25) is 5.15 Å². The Bertz CT molecular complexity index is 785. The molecule has 1 aromatic carbocycles. The van der Waals surface area contributed by atoms with Crippen LogP contribution in [-0.2, 0) is 10.0 Å². The maximum Gasteiger partial charge on any atom is 0.263 e. The van der Waals surface area contributed by atoms with Crippen molar-refractivity contribution in [1.82, 2.24) is 4.98 Å². The van der Waals surface area contributed by atoms with Gasteiger partial charge in [-0.15, -0.1) is 0 Å².